The molecule has 0 saturated carbocycles. The first-order valence-electron chi connectivity index (χ1n) is 14.6. The molecule has 43 heavy (non-hydrogen) atoms. The highest BCUT2D eigenvalue weighted by molar-refractivity contribution is 5.97. The molecule has 4 N–H and O–H groups in total. The Morgan fingerprint density at radius 1 is 0.953 bits per heavy atom. The van der Waals surface area contributed by atoms with Crippen LogP contribution in [-0.4, -0.2) is 44.1 Å². The van der Waals surface area contributed by atoms with E-state index in [0.29, 0.717) is 48.0 Å². The highest BCUT2D eigenvalue weighted by atomic mass is 19.1. The summed E-state index contributed by atoms with van der Waals surface area (Å²) >= 11 is 0. The van der Waals surface area contributed by atoms with Crippen molar-refractivity contribution in [1.82, 2.24) is 15.3 Å². The molecule has 4 aromatic rings. The van der Waals surface area contributed by atoms with E-state index >= 15 is 0 Å². The van der Waals surface area contributed by atoms with Gasteiger partial charge in [0.1, 0.15) is 5.83 Å². The number of carbonyl (C=O) groups is 1. The van der Waals surface area contributed by atoms with Gasteiger partial charge in [0.25, 0.3) is 5.91 Å². The minimum Gasteiger partial charge on any atom is -0.396 e. The van der Waals surface area contributed by atoms with Crippen molar-refractivity contribution >= 4 is 22.5 Å². The number of hydrogen-bond acceptors (Lipinski definition) is 6. The number of fused-ring (bicyclic) bond motifs is 1. The van der Waals surface area contributed by atoms with Crippen molar-refractivity contribution in [3.8, 4) is 0 Å². The molecule has 222 valence electrons. The normalized spacial score (nSPS) is 15.7. The van der Waals surface area contributed by atoms with Crippen LogP contribution in [-0.2, 0) is 19.3 Å². The summed E-state index contributed by atoms with van der Waals surface area (Å²) in [6.45, 7) is 1.78. The van der Waals surface area contributed by atoms with Crippen LogP contribution < -0.4 is 5.32 Å². The third-order valence-corrected chi connectivity index (χ3v) is 7.73. The molecule has 7 nitrogen and oxygen atoms in total. The van der Waals surface area contributed by atoms with E-state index in [1.54, 1.807) is 24.3 Å². The first-order valence-corrected chi connectivity index (χ1v) is 14.6. The predicted octanol–water partition coefficient (Wildman–Crippen LogP) is 5.40. The minimum absolute atomic E-state index is 0.0633. The fraction of sp³-hybridized carbons (Fsp3) is 0.286. The van der Waals surface area contributed by atoms with Gasteiger partial charge in [-0.2, -0.15) is 0 Å². The number of carbonyl (C=O) groups excluding carboxylic acids is 1. The molecule has 2 unspecified atom stereocenters. The van der Waals surface area contributed by atoms with E-state index in [2.05, 4.69) is 5.32 Å². The van der Waals surface area contributed by atoms with E-state index in [1.807, 2.05) is 61.5 Å². The number of aliphatic hydroxyl groups is 3. The Hall–Kier alpha value is -4.24. The number of aromatic nitrogens is 2. The van der Waals surface area contributed by atoms with Gasteiger partial charge in [0.2, 0.25) is 0 Å². The van der Waals surface area contributed by atoms with Crippen LogP contribution in [0.3, 0.4) is 0 Å². The van der Waals surface area contributed by atoms with Crippen molar-refractivity contribution in [2.75, 3.05) is 6.61 Å². The van der Waals surface area contributed by atoms with E-state index in [9.17, 15) is 24.5 Å². The molecule has 0 saturated heterocycles. The Morgan fingerprint density at radius 2 is 1.74 bits per heavy atom. The minimum atomic E-state index is -1.42. The SMILES string of the molecule is CC1CC(c2nc3ccc(C(=O)NC(CCO)c4ccccc4)cc3nc2CCc2cccc(CC(O)O)c2)=CC=C1F. The Labute approximate surface area is 250 Å². The zero-order valence-electron chi connectivity index (χ0n) is 24.1. The summed E-state index contributed by atoms with van der Waals surface area (Å²) < 4.78 is 14.2. The fourth-order valence-electron chi connectivity index (χ4n) is 5.44. The van der Waals surface area contributed by atoms with Gasteiger partial charge in [-0.05, 0) is 72.2 Å². The predicted molar refractivity (Wildman–Crippen MR) is 165 cm³/mol. The molecular weight excluding hydrogens is 545 g/mol. The van der Waals surface area contributed by atoms with Gasteiger partial charge >= 0.3 is 0 Å². The average Bonchev–Trinajstić information content (AvgIpc) is 3.00. The summed E-state index contributed by atoms with van der Waals surface area (Å²) in [6.07, 6.45) is 4.06. The Morgan fingerprint density at radius 3 is 2.49 bits per heavy atom. The summed E-state index contributed by atoms with van der Waals surface area (Å²) in [5, 5.41) is 31.4. The quantitative estimate of drug-likeness (QED) is 0.176. The number of hydrogen-bond donors (Lipinski definition) is 4. The van der Waals surface area contributed by atoms with Crippen LogP contribution in [0.1, 0.15) is 64.2 Å². The molecule has 0 fully saturated rings. The number of halogens is 1. The zero-order chi connectivity index (χ0) is 30.3. The van der Waals surface area contributed by atoms with Crippen LogP contribution >= 0.6 is 0 Å². The van der Waals surface area contributed by atoms with Crippen LogP contribution in [0.25, 0.3) is 16.6 Å². The number of nitrogens with one attached hydrogen (secondary N) is 1. The number of aliphatic hydroxyl groups excluding tert-OH is 2. The molecule has 1 amide bonds. The van der Waals surface area contributed by atoms with Crippen molar-refractivity contribution in [1.29, 1.82) is 0 Å². The molecule has 1 aromatic heterocycles. The van der Waals surface area contributed by atoms with Gasteiger partial charge < -0.3 is 20.6 Å². The van der Waals surface area contributed by atoms with Gasteiger partial charge in [-0.1, -0.05) is 67.6 Å². The lowest BCUT2D eigenvalue weighted by Gasteiger charge is -2.20. The first kappa shape index (κ1) is 30.2. The summed E-state index contributed by atoms with van der Waals surface area (Å²) in [5.41, 5.74) is 6.77. The van der Waals surface area contributed by atoms with E-state index in [0.717, 1.165) is 28.0 Å². The monoisotopic (exact) mass is 581 g/mol. The summed E-state index contributed by atoms with van der Waals surface area (Å²) in [7, 11) is 0. The highest BCUT2D eigenvalue weighted by Crippen LogP contribution is 2.33. The third-order valence-electron chi connectivity index (χ3n) is 7.73. The largest absolute Gasteiger partial charge is 0.396 e. The Kier molecular flexibility index (Phi) is 9.72. The van der Waals surface area contributed by atoms with Crippen LogP contribution in [0.5, 0.6) is 0 Å². The summed E-state index contributed by atoms with van der Waals surface area (Å²) in [5.74, 6) is -0.689. The molecule has 3 aromatic carbocycles. The van der Waals surface area contributed by atoms with E-state index in [4.69, 9.17) is 9.97 Å². The maximum Gasteiger partial charge on any atom is 0.251 e. The maximum atomic E-state index is 14.2. The maximum absolute atomic E-state index is 14.2. The molecule has 0 spiro atoms. The van der Waals surface area contributed by atoms with Crippen LogP contribution in [0, 0.1) is 5.92 Å². The molecule has 0 aliphatic heterocycles. The fourth-order valence-corrected chi connectivity index (χ4v) is 5.44. The summed E-state index contributed by atoms with van der Waals surface area (Å²) in [6, 6.07) is 22.1. The van der Waals surface area contributed by atoms with Gasteiger partial charge in [0.15, 0.2) is 6.29 Å². The van der Waals surface area contributed by atoms with Crippen molar-refractivity contribution in [2.24, 2.45) is 5.92 Å². The molecule has 1 aliphatic rings. The number of rotatable bonds is 11. The zero-order valence-corrected chi connectivity index (χ0v) is 24.1. The van der Waals surface area contributed by atoms with Crippen molar-refractivity contribution in [2.45, 2.75) is 51.4 Å². The second kappa shape index (κ2) is 13.8. The molecule has 1 aliphatic carbocycles. The van der Waals surface area contributed by atoms with Crippen molar-refractivity contribution < 1.29 is 24.5 Å². The molecule has 8 heteroatoms. The summed E-state index contributed by atoms with van der Waals surface area (Å²) in [4.78, 5) is 23.2. The van der Waals surface area contributed by atoms with Gasteiger partial charge in [0, 0.05) is 24.5 Å². The average molecular weight is 582 g/mol. The first-order chi connectivity index (χ1) is 20.8. The van der Waals surface area contributed by atoms with Gasteiger partial charge in [0.05, 0.1) is 28.5 Å². The lowest BCUT2D eigenvalue weighted by molar-refractivity contribution is -0.0381. The van der Waals surface area contributed by atoms with Crippen LogP contribution in [0.2, 0.25) is 0 Å². The lowest BCUT2D eigenvalue weighted by Crippen LogP contribution is -2.29. The van der Waals surface area contributed by atoms with Crippen LogP contribution in [0.15, 0.2) is 90.8 Å². The van der Waals surface area contributed by atoms with Crippen LogP contribution in [0.4, 0.5) is 4.39 Å². The number of aryl methyl sites for hydroxylation is 2. The number of amides is 1. The van der Waals surface area contributed by atoms with Crippen molar-refractivity contribution in [3.05, 3.63) is 124 Å². The van der Waals surface area contributed by atoms with E-state index in [1.165, 1.54) is 6.08 Å². The molecule has 0 radical (unpaired) electrons. The van der Waals surface area contributed by atoms with Gasteiger partial charge in [-0.25, -0.2) is 14.4 Å². The number of benzene rings is 3. The molecule has 2 atom stereocenters. The standard InChI is InChI=1S/C35H36FN3O4/c1-22-18-26(11-13-28(22)36)34-31(14-10-23-6-5-7-24(19-23)20-33(41)42)37-32-21-27(12-15-30(32)38-34)35(43)39-29(16-17-40)25-8-3-2-4-9-25/h2-9,11-13,15,19,21-22,29,33,40-42H,10,14,16-18,20H2,1H3,(H,39,43). The second-order valence-electron chi connectivity index (χ2n) is 11.0. The number of nitrogens with zero attached hydrogens (tertiary/aromatic N) is 2. The molecule has 0 bridgehead atoms. The smallest absolute Gasteiger partial charge is 0.251 e. The molecular formula is C35H36FN3O4. The lowest BCUT2D eigenvalue weighted by atomic mass is 9.91. The number of allylic oxidation sites excluding steroid dienone is 4. The van der Waals surface area contributed by atoms with E-state index in [-0.39, 0.29) is 36.7 Å². The van der Waals surface area contributed by atoms with Gasteiger partial charge in [-0.3, -0.25) is 4.79 Å². The second-order valence-corrected chi connectivity index (χ2v) is 11.0. The van der Waals surface area contributed by atoms with E-state index < -0.39 is 6.29 Å². The topological polar surface area (TPSA) is 116 Å². The molecule has 5 rings (SSSR count). The van der Waals surface area contributed by atoms with Crippen molar-refractivity contribution in [3.63, 3.8) is 0 Å². The Bertz CT molecular complexity index is 1650. The Balaban J connectivity index is 1.46. The third kappa shape index (κ3) is 7.59. The van der Waals surface area contributed by atoms with Gasteiger partial charge in [-0.15, -0.1) is 0 Å². The molecule has 1 heterocycles. The highest BCUT2D eigenvalue weighted by Gasteiger charge is 2.22.